The Hall–Kier alpha value is -1.56. The van der Waals surface area contributed by atoms with Gasteiger partial charge in [0.1, 0.15) is 5.00 Å². The Balaban J connectivity index is 2.60. The van der Waals surface area contributed by atoms with Gasteiger partial charge in [0.15, 0.2) is 0 Å². The molecule has 0 atom stereocenters. The maximum Gasteiger partial charge on any atom is 0.319 e. The first-order valence-corrected chi connectivity index (χ1v) is 5.45. The van der Waals surface area contributed by atoms with Crippen LogP contribution in [0, 0.1) is 0 Å². The molecule has 0 fully saturated rings. The van der Waals surface area contributed by atoms with Gasteiger partial charge in [0.25, 0.3) is 5.91 Å². The molecular formula is C9H13N3O2S. The van der Waals surface area contributed by atoms with E-state index in [0.29, 0.717) is 17.1 Å². The van der Waals surface area contributed by atoms with Crippen molar-refractivity contribution in [3.63, 3.8) is 0 Å². The van der Waals surface area contributed by atoms with E-state index in [2.05, 4.69) is 10.6 Å². The molecule has 1 aromatic heterocycles. The third-order valence-corrected chi connectivity index (χ3v) is 2.52. The molecule has 1 rings (SSSR count). The van der Waals surface area contributed by atoms with Crippen LogP contribution in [0.4, 0.5) is 9.80 Å². The zero-order valence-electron chi connectivity index (χ0n) is 8.37. The number of primary amides is 1. The fraction of sp³-hybridized carbons (Fsp3) is 0.333. The normalized spacial score (nSPS) is 9.67. The highest BCUT2D eigenvalue weighted by molar-refractivity contribution is 7.14. The van der Waals surface area contributed by atoms with Crippen LogP contribution < -0.4 is 16.4 Å². The topological polar surface area (TPSA) is 84.2 Å². The lowest BCUT2D eigenvalue weighted by Gasteiger charge is -2.05. The summed E-state index contributed by atoms with van der Waals surface area (Å²) >= 11 is 1.27. The number of anilines is 1. The van der Waals surface area contributed by atoms with E-state index in [1.54, 1.807) is 11.4 Å². The number of hydrogen-bond acceptors (Lipinski definition) is 3. The van der Waals surface area contributed by atoms with Gasteiger partial charge < -0.3 is 11.1 Å². The van der Waals surface area contributed by atoms with Crippen LogP contribution in [0.5, 0.6) is 0 Å². The van der Waals surface area contributed by atoms with E-state index in [1.807, 2.05) is 6.92 Å². The maximum absolute atomic E-state index is 11.3. The van der Waals surface area contributed by atoms with Crippen LogP contribution in [0.1, 0.15) is 23.7 Å². The lowest BCUT2D eigenvalue weighted by atomic mass is 10.3. The molecule has 0 unspecified atom stereocenters. The summed E-state index contributed by atoms with van der Waals surface area (Å²) in [5.41, 5.74) is 5.47. The highest BCUT2D eigenvalue weighted by Crippen LogP contribution is 2.22. The molecule has 6 heteroatoms. The van der Waals surface area contributed by atoms with E-state index in [4.69, 9.17) is 5.73 Å². The van der Waals surface area contributed by atoms with Crippen LogP contribution in [0.25, 0.3) is 0 Å². The number of carbonyl (C=O) groups is 2. The molecule has 0 aliphatic heterocycles. The monoisotopic (exact) mass is 227 g/mol. The van der Waals surface area contributed by atoms with E-state index in [1.165, 1.54) is 11.3 Å². The van der Waals surface area contributed by atoms with Gasteiger partial charge in [-0.05, 0) is 17.9 Å². The van der Waals surface area contributed by atoms with Gasteiger partial charge in [-0.3, -0.25) is 10.1 Å². The molecule has 82 valence electrons. The average Bonchev–Trinajstić information content (AvgIpc) is 2.62. The smallest absolute Gasteiger partial charge is 0.319 e. The number of hydrogen-bond donors (Lipinski definition) is 3. The van der Waals surface area contributed by atoms with E-state index >= 15 is 0 Å². The summed E-state index contributed by atoms with van der Waals surface area (Å²) in [7, 11) is 0. The highest BCUT2D eigenvalue weighted by atomic mass is 32.1. The van der Waals surface area contributed by atoms with E-state index < -0.39 is 5.91 Å². The lowest BCUT2D eigenvalue weighted by Crippen LogP contribution is -2.29. The molecule has 1 heterocycles. The minimum atomic E-state index is -0.540. The van der Waals surface area contributed by atoms with Crippen molar-refractivity contribution in [2.45, 2.75) is 13.3 Å². The van der Waals surface area contributed by atoms with Crippen LogP contribution >= 0.6 is 11.3 Å². The molecule has 0 aliphatic carbocycles. The Labute approximate surface area is 91.7 Å². The first-order valence-electron chi connectivity index (χ1n) is 4.57. The summed E-state index contributed by atoms with van der Waals surface area (Å²) in [6.07, 6.45) is 0.862. The fourth-order valence-corrected chi connectivity index (χ4v) is 1.77. The van der Waals surface area contributed by atoms with Gasteiger partial charge in [-0.1, -0.05) is 6.92 Å². The molecule has 0 radical (unpaired) electrons. The number of amides is 3. The van der Waals surface area contributed by atoms with Crippen molar-refractivity contribution in [3.05, 3.63) is 17.0 Å². The van der Waals surface area contributed by atoms with Crippen LogP contribution in [0.3, 0.4) is 0 Å². The van der Waals surface area contributed by atoms with E-state index in [-0.39, 0.29) is 6.03 Å². The highest BCUT2D eigenvalue weighted by Gasteiger charge is 2.11. The third-order valence-electron chi connectivity index (χ3n) is 1.69. The zero-order chi connectivity index (χ0) is 11.3. The number of urea groups is 1. The van der Waals surface area contributed by atoms with Gasteiger partial charge in [-0.15, -0.1) is 11.3 Å². The molecule has 0 saturated heterocycles. The van der Waals surface area contributed by atoms with Crippen molar-refractivity contribution in [1.29, 1.82) is 0 Å². The molecule has 4 N–H and O–H groups in total. The summed E-state index contributed by atoms with van der Waals surface area (Å²) in [6, 6.07) is 1.27. The molecule has 0 saturated carbocycles. The summed E-state index contributed by atoms with van der Waals surface area (Å²) in [6.45, 7) is 2.56. The van der Waals surface area contributed by atoms with Gasteiger partial charge in [0.2, 0.25) is 0 Å². The largest absolute Gasteiger partial charge is 0.366 e. The molecule has 3 amide bonds. The summed E-state index contributed by atoms with van der Waals surface area (Å²) in [5, 5.41) is 7.40. The standard InChI is InChI=1S/C9H13N3O2S/c1-2-4-11-9(14)12-8-6(7(10)13)3-5-15-8/h3,5H,2,4H2,1H3,(H2,10,13)(H2,11,12,14). The van der Waals surface area contributed by atoms with Gasteiger partial charge >= 0.3 is 6.03 Å². The predicted molar refractivity (Wildman–Crippen MR) is 60.1 cm³/mol. The number of nitrogens with two attached hydrogens (primary N) is 1. The van der Waals surface area contributed by atoms with E-state index in [9.17, 15) is 9.59 Å². The Morgan fingerprint density at radius 1 is 1.53 bits per heavy atom. The Morgan fingerprint density at radius 3 is 2.87 bits per heavy atom. The van der Waals surface area contributed by atoms with Crippen molar-refractivity contribution in [2.75, 3.05) is 11.9 Å². The molecule has 0 spiro atoms. The Morgan fingerprint density at radius 2 is 2.27 bits per heavy atom. The number of thiophene rings is 1. The predicted octanol–water partition coefficient (Wildman–Crippen LogP) is 1.38. The Bertz CT molecular complexity index is 362. The quantitative estimate of drug-likeness (QED) is 0.726. The lowest BCUT2D eigenvalue weighted by molar-refractivity contribution is 0.100. The van der Waals surface area contributed by atoms with Gasteiger partial charge in [-0.2, -0.15) is 0 Å². The zero-order valence-corrected chi connectivity index (χ0v) is 9.19. The van der Waals surface area contributed by atoms with Gasteiger partial charge in [-0.25, -0.2) is 4.79 Å². The first kappa shape index (κ1) is 11.5. The minimum absolute atomic E-state index is 0.318. The van der Waals surface area contributed by atoms with Crippen molar-refractivity contribution in [3.8, 4) is 0 Å². The number of carbonyl (C=O) groups excluding carboxylic acids is 2. The maximum atomic E-state index is 11.3. The van der Waals surface area contributed by atoms with Crippen LogP contribution in [-0.4, -0.2) is 18.5 Å². The second-order valence-electron chi connectivity index (χ2n) is 2.91. The second kappa shape index (κ2) is 5.35. The first-order chi connectivity index (χ1) is 7.15. The molecular weight excluding hydrogens is 214 g/mol. The third kappa shape index (κ3) is 3.25. The van der Waals surface area contributed by atoms with Crippen LogP contribution in [0.15, 0.2) is 11.4 Å². The van der Waals surface area contributed by atoms with Crippen molar-refractivity contribution >= 4 is 28.3 Å². The molecule has 0 aromatic carbocycles. The summed E-state index contributed by atoms with van der Waals surface area (Å²) < 4.78 is 0. The van der Waals surface area contributed by atoms with Crippen molar-refractivity contribution < 1.29 is 9.59 Å². The van der Waals surface area contributed by atoms with Gasteiger partial charge in [0, 0.05) is 6.54 Å². The van der Waals surface area contributed by atoms with Crippen molar-refractivity contribution in [1.82, 2.24) is 5.32 Å². The minimum Gasteiger partial charge on any atom is -0.366 e. The molecule has 15 heavy (non-hydrogen) atoms. The summed E-state index contributed by atoms with van der Waals surface area (Å²) in [5.74, 6) is -0.540. The van der Waals surface area contributed by atoms with E-state index in [0.717, 1.165) is 6.42 Å². The molecule has 0 bridgehead atoms. The van der Waals surface area contributed by atoms with Crippen LogP contribution in [-0.2, 0) is 0 Å². The molecule has 1 aromatic rings. The number of rotatable bonds is 4. The Kier molecular flexibility index (Phi) is 4.11. The van der Waals surface area contributed by atoms with Gasteiger partial charge in [0.05, 0.1) is 5.56 Å². The average molecular weight is 227 g/mol. The molecule has 5 nitrogen and oxygen atoms in total. The molecule has 0 aliphatic rings. The van der Waals surface area contributed by atoms with Crippen molar-refractivity contribution in [2.24, 2.45) is 5.73 Å². The fourth-order valence-electron chi connectivity index (χ4n) is 0.986. The second-order valence-corrected chi connectivity index (χ2v) is 3.82. The number of nitrogens with one attached hydrogen (secondary N) is 2. The SMILES string of the molecule is CCCNC(=O)Nc1sccc1C(N)=O. The summed E-state index contributed by atoms with van der Waals surface area (Å²) in [4.78, 5) is 22.2. The van der Waals surface area contributed by atoms with Crippen LogP contribution in [0.2, 0.25) is 0 Å².